The topological polar surface area (TPSA) is 64.2 Å². The molecular formula is C24H25FN4O2S. The fourth-order valence-electron chi connectivity index (χ4n) is 3.45. The van der Waals surface area contributed by atoms with Crippen molar-refractivity contribution in [3.05, 3.63) is 81.2 Å². The van der Waals surface area contributed by atoms with Gasteiger partial charge in [-0.3, -0.25) is 9.47 Å². The average molecular weight is 453 g/mol. The minimum Gasteiger partial charge on any atom is -0.423 e. The van der Waals surface area contributed by atoms with Crippen molar-refractivity contribution in [2.75, 3.05) is 14.1 Å². The van der Waals surface area contributed by atoms with Crippen molar-refractivity contribution < 1.29 is 8.81 Å². The first-order valence-electron chi connectivity index (χ1n) is 10.3. The van der Waals surface area contributed by atoms with Crippen LogP contribution in [-0.4, -0.2) is 33.8 Å². The number of halogens is 1. The van der Waals surface area contributed by atoms with Crippen LogP contribution in [0.25, 0.3) is 16.7 Å². The number of rotatable bonds is 6. The summed E-state index contributed by atoms with van der Waals surface area (Å²) in [4.78, 5) is 14.2. The predicted molar refractivity (Wildman–Crippen MR) is 125 cm³/mol. The highest BCUT2D eigenvalue weighted by molar-refractivity contribution is 7.98. The Kier molecular flexibility index (Phi) is 6.17. The maximum atomic E-state index is 13.5. The number of aryl methyl sites for hydroxylation is 2. The van der Waals surface area contributed by atoms with Gasteiger partial charge in [-0.25, -0.2) is 9.18 Å². The molecule has 8 heteroatoms. The van der Waals surface area contributed by atoms with Crippen molar-refractivity contribution in [1.29, 1.82) is 0 Å². The van der Waals surface area contributed by atoms with Gasteiger partial charge in [0.2, 0.25) is 0 Å². The Balaban J connectivity index is 1.75. The summed E-state index contributed by atoms with van der Waals surface area (Å²) < 4.78 is 20.9. The number of benzene rings is 2. The zero-order valence-electron chi connectivity index (χ0n) is 18.7. The van der Waals surface area contributed by atoms with Crippen LogP contribution in [-0.2, 0) is 5.75 Å². The van der Waals surface area contributed by atoms with Gasteiger partial charge in [0, 0.05) is 22.9 Å². The number of thioether (sulfide) groups is 1. The van der Waals surface area contributed by atoms with Gasteiger partial charge in [0.25, 0.3) is 0 Å². The van der Waals surface area contributed by atoms with E-state index in [-0.39, 0.29) is 17.5 Å². The Hall–Kier alpha value is -2.97. The molecule has 0 saturated carbocycles. The van der Waals surface area contributed by atoms with E-state index in [1.165, 1.54) is 30.0 Å². The predicted octanol–water partition coefficient (Wildman–Crippen LogP) is 5.04. The number of hydrogen-bond acceptors (Lipinski definition) is 6. The standard InChI is InChI=1S/C24H25FN4O2S/c1-14-10-20-17(12-22(30)31-21(20)11-15(14)2)13-32-24-27-26-23(16(3)28(4)5)29(24)19-8-6-18(25)7-9-19/h6-12,16H,13H2,1-5H3/t16-/m0/s1. The van der Waals surface area contributed by atoms with Crippen molar-refractivity contribution in [2.24, 2.45) is 0 Å². The van der Waals surface area contributed by atoms with Crippen molar-refractivity contribution in [3.63, 3.8) is 0 Å². The lowest BCUT2D eigenvalue weighted by atomic mass is 10.0. The van der Waals surface area contributed by atoms with Crippen molar-refractivity contribution >= 4 is 22.7 Å². The van der Waals surface area contributed by atoms with Crippen LogP contribution in [0.4, 0.5) is 4.39 Å². The van der Waals surface area contributed by atoms with Gasteiger partial charge in [0.15, 0.2) is 11.0 Å². The van der Waals surface area contributed by atoms with E-state index < -0.39 is 0 Å². The molecule has 0 spiro atoms. The lowest BCUT2D eigenvalue weighted by Crippen LogP contribution is -2.20. The highest BCUT2D eigenvalue weighted by atomic mass is 32.2. The van der Waals surface area contributed by atoms with Gasteiger partial charge in [-0.1, -0.05) is 11.8 Å². The van der Waals surface area contributed by atoms with E-state index in [1.807, 2.05) is 56.5 Å². The second-order valence-electron chi connectivity index (χ2n) is 8.10. The summed E-state index contributed by atoms with van der Waals surface area (Å²) in [5, 5.41) is 10.4. The van der Waals surface area contributed by atoms with Crippen molar-refractivity contribution in [3.8, 4) is 5.69 Å². The van der Waals surface area contributed by atoms with E-state index in [0.29, 0.717) is 16.5 Å². The SMILES string of the molecule is Cc1cc2oc(=O)cc(CSc3nnc([C@H](C)N(C)C)n3-c3ccc(F)cc3)c2cc1C. The Bertz CT molecular complexity index is 1330. The minimum atomic E-state index is -0.377. The molecule has 4 rings (SSSR count). The maximum absolute atomic E-state index is 13.5. The van der Waals surface area contributed by atoms with Gasteiger partial charge in [-0.05, 0) is 88.0 Å². The van der Waals surface area contributed by atoms with Gasteiger partial charge >= 0.3 is 5.63 Å². The van der Waals surface area contributed by atoms with Crippen molar-refractivity contribution in [2.45, 2.75) is 37.7 Å². The molecule has 0 aliphatic carbocycles. The van der Waals surface area contributed by atoms with Crippen LogP contribution in [0.2, 0.25) is 0 Å². The third kappa shape index (κ3) is 4.33. The molecular weight excluding hydrogens is 427 g/mol. The summed E-state index contributed by atoms with van der Waals surface area (Å²) in [6.07, 6.45) is 0. The highest BCUT2D eigenvalue weighted by Crippen LogP contribution is 2.31. The molecule has 166 valence electrons. The molecule has 0 fully saturated rings. The van der Waals surface area contributed by atoms with Crippen LogP contribution in [0.5, 0.6) is 0 Å². The molecule has 2 aromatic heterocycles. The van der Waals surface area contributed by atoms with Crippen LogP contribution in [0, 0.1) is 19.7 Å². The smallest absolute Gasteiger partial charge is 0.336 e. The molecule has 4 aromatic rings. The van der Waals surface area contributed by atoms with E-state index in [1.54, 1.807) is 12.1 Å². The molecule has 0 aliphatic heterocycles. The van der Waals surface area contributed by atoms with Crippen LogP contribution in [0.15, 0.2) is 56.8 Å². The van der Waals surface area contributed by atoms with Crippen LogP contribution < -0.4 is 5.63 Å². The normalized spacial score (nSPS) is 12.6. The van der Waals surface area contributed by atoms with E-state index in [4.69, 9.17) is 4.42 Å². The van der Waals surface area contributed by atoms with E-state index in [9.17, 15) is 9.18 Å². The zero-order valence-corrected chi connectivity index (χ0v) is 19.5. The average Bonchev–Trinajstić information content (AvgIpc) is 3.17. The Morgan fingerprint density at radius 3 is 2.47 bits per heavy atom. The van der Waals surface area contributed by atoms with Gasteiger partial charge in [0.1, 0.15) is 11.4 Å². The van der Waals surface area contributed by atoms with Gasteiger partial charge in [0.05, 0.1) is 6.04 Å². The third-order valence-corrected chi connectivity index (χ3v) is 6.67. The molecule has 0 saturated heterocycles. The quantitative estimate of drug-likeness (QED) is 0.302. The minimum absolute atomic E-state index is 0.00266. The lowest BCUT2D eigenvalue weighted by Gasteiger charge is -2.20. The summed E-state index contributed by atoms with van der Waals surface area (Å²) in [5.41, 5.74) is 4.07. The Labute approximate surface area is 190 Å². The summed E-state index contributed by atoms with van der Waals surface area (Å²) >= 11 is 1.48. The maximum Gasteiger partial charge on any atom is 0.336 e. The summed E-state index contributed by atoms with van der Waals surface area (Å²) in [6, 6.07) is 11.8. The lowest BCUT2D eigenvalue weighted by molar-refractivity contribution is 0.305. The Morgan fingerprint density at radius 1 is 1.09 bits per heavy atom. The first-order valence-corrected chi connectivity index (χ1v) is 11.3. The first-order chi connectivity index (χ1) is 15.2. The highest BCUT2D eigenvalue weighted by Gasteiger charge is 2.21. The largest absolute Gasteiger partial charge is 0.423 e. The second kappa shape index (κ2) is 8.88. The third-order valence-electron chi connectivity index (χ3n) is 5.69. The van der Waals surface area contributed by atoms with Crippen LogP contribution in [0.1, 0.15) is 35.5 Å². The Morgan fingerprint density at radius 2 is 1.78 bits per heavy atom. The summed E-state index contributed by atoms with van der Waals surface area (Å²) in [7, 11) is 3.95. The van der Waals surface area contributed by atoms with Gasteiger partial charge in [-0.15, -0.1) is 10.2 Å². The number of hydrogen-bond donors (Lipinski definition) is 0. The molecule has 0 unspecified atom stereocenters. The molecule has 0 aliphatic rings. The zero-order chi connectivity index (χ0) is 23.0. The van der Waals surface area contributed by atoms with Crippen molar-refractivity contribution in [1.82, 2.24) is 19.7 Å². The van der Waals surface area contributed by atoms with E-state index in [0.717, 1.165) is 33.6 Å². The molecule has 0 amide bonds. The van der Waals surface area contributed by atoms with Crippen LogP contribution >= 0.6 is 11.8 Å². The summed E-state index contributed by atoms with van der Waals surface area (Å²) in [6.45, 7) is 6.07. The first kappa shape index (κ1) is 22.2. The second-order valence-corrected chi connectivity index (χ2v) is 9.05. The fourth-order valence-corrected chi connectivity index (χ4v) is 4.40. The number of fused-ring (bicyclic) bond motifs is 1. The monoisotopic (exact) mass is 452 g/mol. The molecule has 1 atom stereocenters. The molecule has 0 bridgehead atoms. The van der Waals surface area contributed by atoms with Crippen LogP contribution in [0.3, 0.4) is 0 Å². The van der Waals surface area contributed by atoms with E-state index in [2.05, 4.69) is 10.2 Å². The van der Waals surface area contributed by atoms with E-state index >= 15 is 0 Å². The summed E-state index contributed by atoms with van der Waals surface area (Å²) in [5.74, 6) is 0.972. The molecule has 0 radical (unpaired) electrons. The number of aromatic nitrogens is 3. The number of nitrogens with zero attached hydrogens (tertiary/aromatic N) is 4. The fraction of sp³-hybridized carbons (Fsp3) is 0.292. The molecule has 32 heavy (non-hydrogen) atoms. The molecule has 0 N–H and O–H groups in total. The molecule has 2 heterocycles. The van der Waals surface area contributed by atoms with Gasteiger partial charge < -0.3 is 4.42 Å². The molecule has 2 aromatic carbocycles. The molecule has 6 nitrogen and oxygen atoms in total. The van der Waals surface area contributed by atoms with Gasteiger partial charge in [-0.2, -0.15) is 0 Å².